The minimum atomic E-state index is -0.971. The molecule has 1 aromatic heterocycles. The molecule has 0 bridgehead atoms. The lowest BCUT2D eigenvalue weighted by molar-refractivity contribution is -0.384. The summed E-state index contributed by atoms with van der Waals surface area (Å²) in [5, 5.41) is 15.5. The van der Waals surface area contributed by atoms with E-state index in [2.05, 4.69) is 20.6 Å². The maximum atomic E-state index is 12.0. The number of anilines is 2. The number of aromatic amines is 1. The molecule has 3 aromatic rings. The standard InChI is InChI=1S/C15H10ClN5O4/c16-10-3-1-9(6-13(10)21(24)25)20-15(23)14(22)19-8-2-4-11-12(5-8)18-7-17-11/h1-7H,(H,17,18)(H,19,22)(H,20,23). The Kier molecular flexibility index (Phi) is 4.31. The van der Waals surface area contributed by atoms with Gasteiger partial charge in [-0.2, -0.15) is 0 Å². The van der Waals surface area contributed by atoms with Gasteiger partial charge in [-0.3, -0.25) is 19.7 Å². The molecule has 126 valence electrons. The van der Waals surface area contributed by atoms with Gasteiger partial charge in [-0.1, -0.05) is 11.6 Å². The third-order valence-electron chi connectivity index (χ3n) is 3.29. The van der Waals surface area contributed by atoms with Gasteiger partial charge in [-0.15, -0.1) is 0 Å². The van der Waals surface area contributed by atoms with Crippen LogP contribution in [0.4, 0.5) is 17.1 Å². The van der Waals surface area contributed by atoms with Crippen molar-refractivity contribution in [3.63, 3.8) is 0 Å². The molecule has 25 heavy (non-hydrogen) atoms. The molecule has 2 amide bonds. The van der Waals surface area contributed by atoms with Crippen molar-refractivity contribution in [1.29, 1.82) is 0 Å². The molecule has 9 nitrogen and oxygen atoms in total. The molecule has 0 spiro atoms. The van der Waals surface area contributed by atoms with Crippen LogP contribution in [0, 0.1) is 10.1 Å². The predicted octanol–water partition coefficient (Wildman–Crippen LogP) is 2.70. The van der Waals surface area contributed by atoms with Crippen molar-refractivity contribution >= 4 is 51.5 Å². The molecule has 3 rings (SSSR count). The van der Waals surface area contributed by atoms with E-state index < -0.39 is 16.7 Å². The topological polar surface area (TPSA) is 130 Å². The second-order valence-corrected chi connectivity index (χ2v) is 5.37. The molecule has 0 saturated carbocycles. The van der Waals surface area contributed by atoms with Crippen LogP contribution in [0.25, 0.3) is 11.0 Å². The number of halogens is 1. The summed E-state index contributed by atoms with van der Waals surface area (Å²) in [5.74, 6) is -1.89. The summed E-state index contributed by atoms with van der Waals surface area (Å²) in [6.07, 6.45) is 1.51. The SMILES string of the molecule is O=C(Nc1ccc(Cl)c([N+](=O)[O-])c1)C(=O)Nc1ccc2nc[nH]c2c1. The highest BCUT2D eigenvalue weighted by Gasteiger charge is 2.18. The van der Waals surface area contributed by atoms with E-state index in [1.54, 1.807) is 18.2 Å². The Labute approximate surface area is 145 Å². The number of nitro benzene ring substituents is 1. The zero-order chi connectivity index (χ0) is 18.0. The lowest BCUT2D eigenvalue weighted by Crippen LogP contribution is -2.29. The van der Waals surface area contributed by atoms with Crippen molar-refractivity contribution in [2.24, 2.45) is 0 Å². The summed E-state index contributed by atoms with van der Waals surface area (Å²) in [7, 11) is 0. The number of hydrogen-bond acceptors (Lipinski definition) is 5. The van der Waals surface area contributed by atoms with Gasteiger partial charge in [-0.05, 0) is 30.3 Å². The van der Waals surface area contributed by atoms with E-state index in [4.69, 9.17) is 11.6 Å². The average Bonchev–Trinajstić information content (AvgIpc) is 3.04. The van der Waals surface area contributed by atoms with Crippen LogP contribution in [0.1, 0.15) is 0 Å². The minimum absolute atomic E-state index is 0.0692. The van der Waals surface area contributed by atoms with Crippen LogP contribution in [0.2, 0.25) is 5.02 Å². The molecule has 0 saturated heterocycles. The van der Waals surface area contributed by atoms with Gasteiger partial charge in [-0.25, -0.2) is 4.98 Å². The summed E-state index contributed by atoms with van der Waals surface area (Å²) in [5.41, 5.74) is 1.53. The maximum absolute atomic E-state index is 12.0. The number of imidazole rings is 1. The number of nitrogens with one attached hydrogen (secondary N) is 3. The Morgan fingerprint density at radius 3 is 2.40 bits per heavy atom. The van der Waals surface area contributed by atoms with Crippen molar-refractivity contribution in [1.82, 2.24) is 9.97 Å². The maximum Gasteiger partial charge on any atom is 0.314 e. The highest BCUT2D eigenvalue weighted by molar-refractivity contribution is 6.43. The van der Waals surface area contributed by atoms with Crippen LogP contribution in [0.15, 0.2) is 42.7 Å². The molecule has 0 atom stereocenters. The largest absolute Gasteiger partial charge is 0.345 e. The molecular formula is C15H10ClN5O4. The van der Waals surface area contributed by atoms with Crippen molar-refractivity contribution in [3.8, 4) is 0 Å². The lowest BCUT2D eigenvalue weighted by Gasteiger charge is -2.07. The number of nitrogens with zero attached hydrogens (tertiary/aromatic N) is 2. The number of rotatable bonds is 3. The van der Waals surface area contributed by atoms with Crippen LogP contribution >= 0.6 is 11.6 Å². The Morgan fingerprint density at radius 2 is 1.72 bits per heavy atom. The van der Waals surface area contributed by atoms with E-state index in [0.29, 0.717) is 11.2 Å². The van der Waals surface area contributed by atoms with Gasteiger partial charge in [0.25, 0.3) is 5.69 Å². The fourth-order valence-electron chi connectivity index (χ4n) is 2.12. The quantitative estimate of drug-likeness (QED) is 0.376. The number of fused-ring (bicyclic) bond motifs is 1. The Balaban J connectivity index is 1.71. The second kappa shape index (κ2) is 6.57. The first kappa shape index (κ1) is 16.4. The van der Waals surface area contributed by atoms with E-state index in [1.807, 2.05) is 0 Å². The molecule has 0 radical (unpaired) electrons. The lowest BCUT2D eigenvalue weighted by atomic mass is 10.2. The van der Waals surface area contributed by atoms with Gasteiger partial charge in [0.2, 0.25) is 0 Å². The van der Waals surface area contributed by atoms with E-state index >= 15 is 0 Å². The number of aromatic nitrogens is 2. The third kappa shape index (κ3) is 3.56. The molecule has 0 fully saturated rings. The first-order valence-electron chi connectivity index (χ1n) is 6.93. The molecule has 3 N–H and O–H groups in total. The van der Waals surface area contributed by atoms with Crippen molar-refractivity contribution in [2.45, 2.75) is 0 Å². The van der Waals surface area contributed by atoms with Crippen LogP contribution in [0.3, 0.4) is 0 Å². The Bertz CT molecular complexity index is 1000. The number of carbonyl (C=O) groups excluding carboxylic acids is 2. The van der Waals surface area contributed by atoms with Crippen molar-refractivity contribution in [3.05, 3.63) is 57.9 Å². The normalized spacial score (nSPS) is 10.4. The van der Waals surface area contributed by atoms with Crippen LogP contribution in [-0.4, -0.2) is 26.7 Å². The summed E-state index contributed by atoms with van der Waals surface area (Å²) in [6.45, 7) is 0. The highest BCUT2D eigenvalue weighted by Crippen LogP contribution is 2.27. The summed E-state index contributed by atoms with van der Waals surface area (Å²) in [6, 6.07) is 8.60. The van der Waals surface area contributed by atoms with Gasteiger partial charge in [0.1, 0.15) is 5.02 Å². The number of benzene rings is 2. The van der Waals surface area contributed by atoms with Crippen molar-refractivity contribution < 1.29 is 14.5 Å². The highest BCUT2D eigenvalue weighted by atomic mass is 35.5. The number of H-pyrrole nitrogens is 1. The van der Waals surface area contributed by atoms with E-state index in [9.17, 15) is 19.7 Å². The molecule has 10 heteroatoms. The molecule has 1 heterocycles. The second-order valence-electron chi connectivity index (χ2n) is 4.97. The molecule has 0 aliphatic heterocycles. The van der Waals surface area contributed by atoms with Gasteiger partial charge in [0.15, 0.2) is 0 Å². The Hall–Kier alpha value is -3.46. The number of nitro groups is 1. The zero-order valence-corrected chi connectivity index (χ0v) is 13.2. The number of amides is 2. The summed E-state index contributed by atoms with van der Waals surface area (Å²) >= 11 is 5.69. The van der Waals surface area contributed by atoms with Gasteiger partial charge < -0.3 is 15.6 Å². The molecule has 0 aliphatic rings. The monoisotopic (exact) mass is 359 g/mol. The molecule has 2 aromatic carbocycles. The number of hydrogen-bond donors (Lipinski definition) is 3. The fraction of sp³-hybridized carbons (Fsp3) is 0. The first-order valence-corrected chi connectivity index (χ1v) is 7.31. The van der Waals surface area contributed by atoms with Gasteiger partial charge >= 0.3 is 11.8 Å². The zero-order valence-electron chi connectivity index (χ0n) is 12.4. The fourth-order valence-corrected chi connectivity index (χ4v) is 2.31. The molecular weight excluding hydrogens is 350 g/mol. The summed E-state index contributed by atoms with van der Waals surface area (Å²) < 4.78 is 0. The predicted molar refractivity (Wildman–Crippen MR) is 91.5 cm³/mol. The minimum Gasteiger partial charge on any atom is -0.345 e. The average molecular weight is 360 g/mol. The molecule has 0 aliphatic carbocycles. The van der Waals surface area contributed by atoms with E-state index in [-0.39, 0.29) is 16.4 Å². The van der Waals surface area contributed by atoms with Gasteiger partial charge in [0.05, 0.1) is 22.3 Å². The van der Waals surface area contributed by atoms with Crippen LogP contribution in [0.5, 0.6) is 0 Å². The van der Waals surface area contributed by atoms with Crippen LogP contribution < -0.4 is 10.6 Å². The number of carbonyl (C=O) groups is 2. The molecule has 0 unspecified atom stereocenters. The third-order valence-corrected chi connectivity index (χ3v) is 3.60. The van der Waals surface area contributed by atoms with Crippen LogP contribution in [-0.2, 0) is 9.59 Å². The van der Waals surface area contributed by atoms with Gasteiger partial charge in [0, 0.05) is 17.4 Å². The van der Waals surface area contributed by atoms with E-state index in [1.165, 1.54) is 18.5 Å². The Morgan fingerprint density at radius 1 is 1.08 bits per heavy atom. The summed E-state index contributed by atoms with van der Waals surface area (Å²) in [4.78, 5) is 41.0. The first-order chi connectivity index (χ1) is 11.9. The smallest absolute Gasteiger partial charge is 0.314 e. The van der Waals surface area contributed by atoms with Crippen molar-refractivity contribution in [2.75, 3.05) is 10.6 Å². The van der Waals surface area contributed by atoms with E-state index in [0.717, 1.165) is 11.6 Å².